The number of pyridine rings is 1. The molecule has 2 N–H and O–H groups in total. The molecular formula is C31H43NO6. The molecule has 0 unspecified atom stereocenters. The number of aromatic nitrogens is 1. The highest BCUT2D eigenvalue weighted by atomic mass is 16.6. The number of rotatable bonds is 4. The van der Waals surface area contributed by atoms with Gasteiger partial charge in [0.15, 0.2) is 0 Å². The number of hydrogen-bond donors (Lipinski definition) is 2. The highest BCUT2D eigenvalue weighted by molar-refractivity contribution is 5.88. The molecule has 0 radical (unpaired) electrons. The van der Waals surface area contributed by atoms with Crippen LogP contribution in [0.15, 0.2) is 30.0 Å². The van der Waals surface area contributed by atoms with Crippen LogP contribution in [0.5, 0.6) is 0 Å². The molecule has 7 atom stereocenters. The zero-order valence-electron chi connectivity index (χ0n) is 23.4. The zero-order chi connectivity index (χ0) is 28.1. The molecule has 7 nitrogen and oxygen atoms in total. The van der Waals surface area contributed by atoms with Crippen molar-refractivity contribution in [2.45, 2.75) is 110 Å². The summed E-state index contributed by atoms with van der Waals surface area (Å²) in [5.41, 5.74) is -0.0302. The number of terminal acetylenes is 1. The van der Waals surface area contributed by atoms with Crippen LogP contribution in [0.4, 0.5) is 0 Å². The molecule has 0 spiro atoms. The van der Waals surface area contributed by atoms with E-state index in [4.69, 9.17) is 15.9 Å². The average molecular weight is 526 g/mol. The van der Waals surface area contributed by atoms with Crippen LogP contribution in [0.3, 0.4) is 0 Å². The van der Waals surface area contributed by atoms with Crippen molar-refractivity contribution in [1.29, 1.82) is 0 Å². The number of esters is 1. The van der Waals surface area contributed by atoms with E-state index in [9.17, 15) is 19.8 Å². The smallest absolute Gasteiger partial charge is 0.309 e. The van der Waals surface area contributed by atoms with E-state index in [0.29, 0.717) is 19.3 Å². The Labute approximate surface area is 227 Å². The standard InChI is InChI=1S/C31H43NO6/c1-7-8-14-23-28(35)20(2)12-11-15-31(6)26(38-31)18-24(21(3)17-22-13-9-10-16-32-22)37-27(34)19-25(33)30(4,5)29(23)36/h1,9-10,13,16-17,20,23-26,28,33,35H,8,11-12,14-15,18-19H2,2-6H3/t20-,23+,24-,25-,26-,28-,31+/m0/s1. The molecule has 1 aromatic rings. The van der Waals surface area contributed by atoms with Crippen molar-refractivity contribution in [2.75, 3.05) is 0 Å². The predicted molar refractivity (Wildman–Crippen MR) is 146 cm³/mol. The Hall–Kier alpha value is -2.53. The number of nitrogens with zero attached hydrogens (tertiary/aromatic N) is 1. The van der Waals surface area contributed by atoms with Crippen molar-refractivity contribution >= 4 is 17.8 Å². The molecule has 1 aromatic heterocycles. The first-order valence-corrected chi connectivity index (χ1v) is 13.7. The lowest BCUT2D eigenvalue weighted by Gasteiger charge is -2.36. The third kappa shape index (κ3) is 7.31. The number of Topliss-reactive ketones (excluding diaryl/α,β-unsaturated/α-hetero) is 1. The molecule has 2 aliphatic heterocycles. The molecule has 3 heterocycles. The fraction of sp³-hybridized carbons (Fsp3) is 0.645. The maximum Gasteiger partial charge on any atom is 0.309 e. The summed E-state index contributed by atoms with van der Waals surface area (Å²) in [5.74, 6) is 0.806. The van der Waals surface area contributed by atoms with Crippen LogP contribution >= 0.6 is 0 Å². The minimum atomic E-state index is -1.28. The number of aliphatic hydroxyl groups is 2. The number of carbonyl (C=O) groups excluding carboxylic acids is 2. The first-order valence-electron chi connectivity index (χ1n) is 13.7. The van der Waals surface area contributed by atoms with Crippen LogP contribution in [0.25, 0.3) is 6.08 Å². The Bertz CT molecular complexity index is 1040. The summed E-state index contributed by atoms with van der Waals surface area (Å²) in [6, 6.07) is 5.61. The number of ketones is 1. The van der Waals surface area contributed by atoms with E-state index in [1.807, 2.05) is 38.1 Å². The largest absolute Gasteiger partial charge is 0.458 e. The fourth-order valence-corrected chi connectivity index (χ4v) is 5.42. The molecule has 0 aromatic carbocycles. The number of epoxide rings is 1. The summed E-state index contributed by atoms with van der Waals surface area (Å²) < 4.78 is 12.0. The van der Waals surface area contributed by atoms with Crippen molar-refractivity contribution in [3.05, 3.63) is 35.7 Å². The number of cyclic esters (lactones) is 1. The molecule has 3 rings (SSSR count). The molecule has 0 bridgehead atoms. The monoisotopic (exact) mass is 525 g/mol. The number of hydrogen-bond acceptors (Lipinski definition) is 7. The Morgan fingerprint density at radius 1 is 1.26 bits per heavy atom. The molecule has 2 saturated heterocycles. The van der Waals surface area contributed by atoms with Gasteiger partial charge in [-0.15, -0.1) is 12.3 Å². The van der Waals surface area contributed by atoms with Crippen LogP contribution in [0, 0.1) is 29.6 Å². The van der Waals surface area contributed by atoms with Crippen LogP contribution in [0.1, 0.15) is 85.3 Å². The van der Waals surface area contributed by atoms with Crippen molar-refractivity contribution < 1.29 is 29.3 Å². The molecule has 0 aliphatic carbocycles. The topological polar surface area (TPSA) is 109 Å². The summed E-state index contributed by atoms with van der Waals surface area (Å²) in [7, 11) is 0. The Kier molecular flexibility index (Phi) is 9.91. The number of aliphatic hydroxyl groups excluding tert-OH is 2. The highest BCUT2D eigenvalue weighted by Gasteiger charge is 2.53. The van der Waals surface area contributed by atoms with Crippen LogP contribution in [0.2, 0.25) is 0 Å². The van der Waals surface area contributed by atoms with Gasteiger partial charge in [-0.05, 0) is 62.8 Å². The number of fused-ring (bicyclic) bond motifs is 1. The van der Waals surface area contributed by atoms with Gasteiger partial charge < -0.3 is 19.7 Å². The maximum absolute atomic E-state index is 13.6. The summed E-state index contributed by atoms with van der Waals surface area (Å²) in [5, 5.41) is 22.2. The molecule has 208 valence electrons. The van der Waals surface area contributed by atoms with Crippen LogP contribution in [-0.2, 0) is 19.1 Å². The highest BCUT2D eigenvalue weighted by Crippen LogP contribution is 2.45. The summed E-state index contributed by atoms with van der Waals surface area (Å²) in [6.45, 7) is 9.13. The van der Waals surface area contributed by atoms with Gasteiger partial charge >= 0.3 is 5.97 Å². The van der Waals surface area contributed by atoms with Gasteiger partial charge in [0.05, 0.1) is 41.4 Å². The minimum absolute atomic E-state index is 0.0770. The molecule has 2 aliphatic rings. The van der Waals surface area contributed by atoms with E-state index in [0.717, 1.165) is 30.5 Å². The van der Waals surface area contributed by atoms with Gasteiger partial charge in [0.25, 0.3) is 0 Å². The number of ether oxygens (including phenoxy) is 2. The number of carbonyl (C=O) groups is 2. The van der Waals surface area contributed by atoms with E-state index in [-0.39, 0.29) is 29.8 Å². The van der Waals surface area contributed by atoms with E-state index in [1.54, 1.807) is 20.0 Å². The fourth-order valence-electron chi connectivity index (χ4n) is 5.42. The van der Waals surface area contributed by atoms with Gasteiger partial charge in [0.1, 0.15) is 11.9 Å². The molecular weight excluding hydrogens is 482 g/mol. The molecule has 2 fully saturated rings. The average Bonchev–Trinajstić information content (AvgIpc) is 3.51. The normalized spacial score (nSPS) is 35.1. The van der Waals surface area contributed by atoms with Crippen LogP contribution in [-0.4, -0.2) is 57.0 Å². The maximum atomic E-state index is 13.6. The van der Waals surface area contributed by atoms with Gasteiger partial charge in [-0.1, -0.05) is 33.3 Å². The zero-order valence-corrected chi connectivity index (χ0v) is 23.4. The molecule has 38 heavy (non-hydrogen) atoms. The van der Waals surface area contributed by atoms with E-state index >= 15 is 0 Å². The quantitative estimate of drug-likeness (QED) is 0.338. The van der Waals surface area contributed by atoms with Gasteiger partial charge in [-0.2, -0.15) is 0 Å². The van der Waals surface area contributed by atoms with E-state index in [2.05, 4.69) is 17.8 Å². The molecule has 0 amide bonds. The van der Waals surface area contributed by atoms with Gasteiger partial charge in [-0.25, -0.2) is 0 Å². The lowest BCUT2D eigenvalue weighted by molar-refractivity contribution is -0.154. The van der Waals surface area contributed by atoms with Crippen molar-refractivity contribution in [2.24, 2.45) is 17.3 Å². The first kappa shape index (κ1) is 30.0. The Morgan fingerprint density at radius 3 is 2.66 bits per heavy atom. The van der Waals surface area contributed by atoms with Gasteiger partial charge in [-0.3, -0.25) is 14.6 Å². The molecule has 7 heteroatoms. The van der Waals surface area contributed by atoms with E-state index in [1.165, 1.54) is 0 Å². The Morgan fingerprint density at radius 2 is 2.00 bits per heavy atom. The third-order valence-corrected chi connectivity index (χ3v) is 8.40. The Balaban J connectivity index is 1.89. The molecule has 0 saturated carbocycles. The predicted octanol–water partition coefficient (Wildman–Crippen LogP) is 4.50. The SMILES string of the molecule is C#CCC[C@H]1C(=O)C(C)(C)[C@@H](O)CC(=O)O[C@H](C(C)=Cc2ccccn2)C[C@@H]2O[C@]2(C)CCC[C@H](C)[C@@H]1O. The lowest BCUT2D eigenvalue weighted by atomic mass is 9.71. The van der Waals surface area contributed by atoms with Crippen LogP contribution < -0.4 is 0 Å². The van der Waals surface area contributed by atoms with Crippen molar-refractivity contribution in [1.82, 2.24) is 4.98 Å². The second-order valence-corrected chi connectivity index (χ2v) is 11.8. The summed E-state index contributed by atoms with van der Waals surface area (Å²) in [6.07, 6.45) is 9.40. The van der Waals surface area contributed by atoms with Crippen molar-refractivity contribution in [3.63, 3.8) is 0 Å². The summed E-state index contributed by atoms with van der Waals surface area (Å²) >= 11 is 0. The van der Waals surface area contributed by atoms with Gasteiger partial charge in [0.2, 0.25) is 0 Å². The van der Waals surface area contributed by atoms with Crippen molar-refractivity contribution in [3.8, 4) is 12.3 Å². The lowest BCUT2D eigenvalue weighted by Crippen LogP contribution is -2.46. The summed E-state index contributed by atoms with van der Waals surface area (Å²) in [4.78, 5) is 31.1. The minimum Gasteiger partial charge on any atom is -0.458 e. The van der Waals surface area contributed by atoms with E-state index < -0.39 is 35.6 Å². The second kappa shape index (κ2) is 12.5. The second-order valence-electron chi connectivity index (χ2n) is 11.8. The first-order chi connectivity index (χ1) is 17.9. The third-order valence-electron chi connectivity index (χ3n) is 8.40. The van der Waals surface area contributed by atoms with Gasteiger partial charge in [0, 0.05) is 25.0 Å².